The molecule has 1 atom stereocenters. The van der Waals surface area contributed by atoms with Crippen molar-refractivity contribution in [1.29, 1.82) is 0 Å². The van der Waals surface area contributed by atoms with E-state index in [9.17, 15) is 9.59 Å². The number of pyridine rings is 1. The summed E-state index contributed by atoms with van der Waals surface area (Å²) in [5, 5.41) is 2.81. The molecule has 1 rings (SSSR count). The van der Waals surface area contributed by atoms with E-state index < -0.39 is 0 Å². The summed E-state index contributed by atoms with van der Waals surface area (Å²) >= 11 is 1.67. The minimum Gasteiger partial charge on any atom is -0.349 e. The van der Waals surface area contributed by atoms with E-state index in [1.54, 1.807) is 17.8 Å². The maximum Gasteiger partial charge on any atom is 0.251 e. The van der Waals surface area contributed by atoms with Gasteiger partial charge in [-0.1, -0.05) is 0 Å². The molecule has 0 radical (unpaired) electrons. The molecule has 82 valence electrons. The summed E-state index contributed by atoms with van der Waals surface area (Å²) in [7, 11) is 0. The number of amides is 1. The molecule has 1 unspecified atom stereocenters. The fourth-order valence-corrected chi connectivity index (χ4v) is 1.77. The fourth-order valence-electron chi connectivity index (χ4n) is 1.18. The summed E-state index contributed by atoms with van der Waals surface area (Å²) < 4.78 is 0. The zero-order valence-electron chi connectivity index (χ0n) is 8.74. The standard InChI is InChI=1S/C10H14N2O2S/c1-7(6-15-2)12-10(14)8-3-4-11-9(13)5-8/h3-5,7H,6H2,1-2H3,(H,11,13)(H,12,14). The maximum atomic E-state index is 11.6. The first-order chi connectivity index (χ1) is 7.13. The molecule has 4 nitrogen and oxygen atoms in total. The number of H-pyrrole nitrogens is 1. The van der Waals surface area contributed by atoms with Gasteiger partial charge in [0.15, 0.2) is 0 Å². The molecule has 0 spiro atoms. The van der Waals surface area contributed by atoms with Crippen LogP contribution in [0.2, 0.25) is 0 Å². The Morgan fingerprint density at radius 1 is 1.67 bits per heavy atom. The zero-order valence-corrected chi connectivity index (χ0v) is 9.56. The lowest BCUT2D eigenvalue weighted by molar-refractivity contribution is 0.0943. The topological polar surface area (TPSA) is 62.0 Å². The number of nitrogens with one attached hydrogen (secondary N) is 2. The van der Waals surface area contributed by atoms with Crippen LogP contribution in [0.15, 0.2) is 23.1 Å². The van der Waals surface area contributed by atoms with E-state index in [4.69, 9.17) is 0 Å². The monoisotopic (exact) mass is 226 g/mol. The Bertz CT molecular complexity index is 389. The normalized spacial score (nSPS) is 12.1. The molecular formula is C10H14N2O2S. The summed E-state index contributed by atoms with van der Waals surface area (Å²) in [5.41, 5.74) is 0.131. The van der Waals surface area contributed by atoms with Crippen LogP contribution in [-0.4, -0.2) is 28.9 Å². The van der Waals surface area contributed by atoms with Gasteiger partial charge in [0.1, 0.15) is 0 Å². The van der Waals surface area contributed by atoms with Crippen molar-refractivity contribution >= 4 is 17.7 Å². The molecule has 1 heterocycles. The summed E-state index contributed by atoms with van der Waals surface area (Å²) in [4.78, 5) is 25.0. The van der Waals surface area contributed by atoms with Crippen LogP contribution >= 0.6 is 11.8 Å². The van der Waals surface area contributed by atoms with Gasteiger partial charge in [0.2, 0.25) is 5.56 Å². The largest absolute Gasteiger partial charge is 0.349 e. The van der Waals surface area contributed by atoms with Crippen molar-refractivity contribution in [3.63, 3.8) is 0 Å². The zero-order chi connectivity index (χ0) is 11.3. The second-order valence-corrected chi connectivity index (χ2v) is 4.18. The maximum absolute atomic E-state index is 11.6. The van der Waals surface area contributed by atoms with Gasteiger partial charge >= 0.3 is 0 Å². The SMILES string of the molecule is CSCC(C)NC(=O)c1cc[nH]c(=O)c1. The van der Waals surface area contributed by atoms with E-state index in [-0.39, 0.29) is 17.5 Å². The van der Waals surface area contributed by atoms with Gasteiger partial charge in [0, 0.05) is 29.6 Å². The van der Waals surface area contributed by atoms with Crippen molar-refractivity contribution in [3.05, 3.63) is 34.2 Å². The summed E-state index contributed by atoms with van der Waals surface area (Å²) in [5.74, 6) is 0.650. The fraction of sp³-hybridized carbons (Fsp3) is 0.400. The van der Waals surface area contributed by atoms with Crippen LogP contribution in [0.5, 0.6) is 0 Å². The average molecular weight is 226 g/mol. The molecule has 0 saturated heterocycles. The minimum atomic E-state index is -0.264. The molecule has 0 aliphatic carbocycles. The van der Waals surface area contributed by atoms with Crippen molar-refractivity contribution in [2.45, 2.75) is 13.0 Å². The minimum absolute atomic E-state index is 0.104. The van der Waals surface area contributed by atoms with Crippen LogP contribution in [0, 0.1) is 0 Å². The van der Waals surface area contributed by atoms with Crippen molar-refractivity contribution in [1.82, 2.24) is 10.3 Å². The molecular weight excluding hydrogens is 212 g/mol. The number of rotatable bonds is 4. The highest BCUT2D eigenvalue weighted by atomic mass is 32.2. The number of hydrogen-bond acceptors (Lipinski definition) is 3. The van der Waals surface area contributed by atoms with Crippen molar-refractivity contribution in [2.24, 2.45) is 0 Å². The second kappa shape index (κ2) is 5.60. The van der Waals surface area contributed by atoms with Crippen molar-refractivity contribution < 1.29 is 4.79 Å². The predicted molar refractivity (Wildman–Crippen MR) is 62.4 cm³/mol. The van der Waals surface area contributed by atoms with Gasteiger partial charge in [-0.15, -0.1) is 0 Å². The van der Waals surface area contributed by atoms with E-state index in [1.165, 1.54) is 12.3 Å². The van der Waals surface area contributed by atoms with Crippen LogP contribution in [0.25, 0.3) is 0 Å². The number of thioether (sulfide) groups is 1. The van der Waals surface area contributed by atoms with E-state index in [0.29, 0.717) is 5.56 Å². The molecule has 0 aliphatic heterocycles. The Labute approximate surface area is 92.5 Å². The number of carbonyl (C=O) groups is 1. The molecule has 0 bridgehead atoms. The van der Waals surface area contributed by atoms with Crippen molar-refractivity contribution in [2.75, 3.05) is 12.0 Å². The first-order valence-corrected chi connectivity index (χ1v) is 6.01. The highest BCUT2D eigenvalue weighted by Gasteiger charge is 2.09. The summed E-state index contributed by atoms with van der Waals surface area (Å²) in [6.45, 7) is 1.93. The molecule has 15 heavy (non-hydrogen) atoms. The highest BCUT2D eigenvalue weighted by molar-refractivity contribution is 7.98. The molecule has 1 amide bonds. The van der Waals surface area contributed by atoms with Gasteiger partial charge in [0.25, 0.3) is 5.91 Å². The van der Waals surface area contributed by atoms with Gasteiger partial charge in [-0.3, -0.25) is 9.59 Å². The van der Waals surface area contributed by atoms with E-state index in [1.807, 2.05) is 13.2 Å². The van der Waals surface area contributed by atoms with Crippen LogP contribution in [0.3, 0.4) is 0 Å². The molecule has 5 heteroatoms. The van der Waals surface area contributed by atoms with Crippen LogP contribution < -0.4 is 10.9 Å². The van der Waals surface area contributed by atoms with E-state index >= 15 is 0 Å². The Balaban J connectivity index is 2.65. The number of carbonyl (C=O) groups excluding carboxylic acids is 1. The Morgan fingerprint density at radius 2 is 2.40 bits per heavy atom. The van der Waals surface area contributed by atoms with Crippen LogP contribution in [0.4, 0.5) is 0 Å². The lowest BCUT2D eigenvalue weighted by atomic mass is 10.2. The summed E-state index contributed by atoms with van der Waals surface area (Å²) in [6.07, 6.45) is 3.45. The van der Waals surface area contributed by atoms with Gasteiger partial charge in [-0.05, 0) is 19.2 Å². The van der Waals surface area contributed by atoms with Gasteiger partial charge in [-0.2, -0.15) is 11.8 Å². The quantitative estimate of drug-likeness (QED) is 0.800. The van der Waals surface area contributed by atoms with Crippen molar-refractivity contribution in [3.8, 4) is 0 Å². The lowest BCUT2D eigenvalue weighted by Gasteiger charge is -2.11. The second-order valence-electron chi connectivity index (χ2n) is 3.27. The number of aromatic nitrogens is 1. The third-order valence-corrected chi connectivity index (χ3v) is 2.66. The van der Waals surface area contributed by atoms with Gasteiger partial charge < -0.3 is 10.3 Å². The molecule has 0 saturated carbocycles. The van der Waals surface area contributed by atoms with E-state index in [0.717, 1.165) is 5.75 Å². The summed E-state index contributed by atoms with van der Waals surface area (Å²) in [6, 6.07) is 2.98. The average Bonchev–Trinajstić information content (AvgIpc) is 2.18. The van der Waals surface area contributed by atoms with Crippen LogP contribution in [0.1, 0.15) is 17.3 Å². The molecule has 2 N–H and O–H groups in total. The molecule has 0 aliphatic rings. The van der Waals surface area contributed by atoms with Gasteiger partial charge in [-0.25, -0.2) is 0 Å². The smallest absolute Gasteiger partial charge is 0.251 e. The molecule has 1 aromatic heterocycles. The van der Waals surface area contributed by atoms with Gasteiger partial charge in [0.05, 0.1) is 0 Å². The van der Waals surface area contributed by atoms with E-state index in [2.05, 4.69) is 10.3 Å². The molecule has 0 aromatic carbocycles. The lowest BCUT2D eigenvalue weighted by Crippen LogP contribution is -2.34. The predicted octanol–water partition coefficient (Wildman–Crippen LogP) is 0.856. The highest BCUT2D eigenvalue weighted by Crippen LogP contribution is 1.99. The Hall–Kier alpha value is -1.23. The molecule has 0 fully saturated rings. The Kier molecular flexibility index (Phi) is 4.42. The first kappa shape index (κ1) is 11.8. The first-order valence-electron chi connectivity index (χ1n) is 4.62. The number of aromatic amines is 1. The number of hydrogen-bond donors (Lipinski definition) is 2. The van der Waals surface area contributed by atoms with Crippen LogP contribution in [-0.2, 0) is 0 Å². The third-order valence-electron chi connectivity index (χ3n) is 1.83. The Morgan fingerprint density at radius 3 is 3.00 bits per heavy atom. The molecule has 1 aromatic rings. The third kappa shape index (κ3) is 3.79.